The highest BCUT2D eigenvalue weighted by Gasteiger charge is 2.60. The Morgan fingerprint density at radius 3 is 1.51 bits per heavy atom. The van der Waals surface area contributed by atoms with E-state index in [0.29, 0.717) is 0 Å². The molecule has 0 heteroatoms. The van der Waals surface area contributed by atoms with Gasteiger partial charge in [0.2, 0.25) is 0 Å². The number of hydrogen-bond acceptors (Lipinski definition) is 0. The van der Waals surface area contributed by atoms with Gasteiger partial charge >= 0.3 is 0 Å². The summed E-state index contributed by atoms with van der Waals surface area (Å²) >= 11 is 0. The van der Waals surface area contributed by atoms with Gasteiger partial charge in [0.1, 0.15) is 0 Å². The Morgan fingerprint density at radius 2 is 0.882 bits per heavy atom. The van der Waals surface area contributed by atoms with Crippen LogP contribution in [-0.4, -0.2) is 0 Å². The average Bonchev–Trinajstić information content (AvgIpc) is 3.62. The van der Waals surface area contributed by atoms with E-state index in [0.717, 1.165) is 112 Å². The number of hydrogen-bond donors (Lipinski definition) is 0. The molecule has 9 aliphatic rings. The zero-order chi connectivity index (χ0) is 35.6. The molecule has 51 heavy (non-hydrogen) atoms. The molecular formula is C51H90. The molecule has 0 saturated heterocycles. The number of rotatable bonds is 7. The van der Waals surface area contributed by atoms with E-state index in [4.69, 9.17) is 0 Å². The lowest BCUT2D eigenvalue weighted by Crippen LogP contribution is -2.54. The van der Waals surface area contributed by atoms with Crippen molar-refractivity contribution in [3.8, 4) is 0 Å². The van der Waals surface area contributed by atoms with Gasteiger partial charge < -0.3 is 0 Å². The minimum absolute atomic E-state index is 1.04. The zero-order valence-electron chi connectivity index (χ0n) is 35.6. The molecule has 0 bridgehead atoms. The monoisotopic (exact) mass is 703 g/mol. The molecule has 15 unspecified atom stereocenters. The molecule has 0 nitrogen and oxygen atoms in total. The summed E-state index contributed by atoms with van der Waals surface area (Å²) in [4.78, 5) is 0. The van der Waals surface area contributed by atoms with Crippen LogP contribution < -0.4 is 0 Å². The minimum Gasteiger partial charge on any atom is -0.0683 e. The Labute approximate surface area is 320 Å². The zero-order valence-corrected chi connectivity index (χ0v) is 35.6. The van der Waals surface area contributed by atoms with Gasteiger partial charge in [0.25, 0.3) is 0 Å². The lowest BCUT2D eigenvalue weighted by Gasteiger charge is -2.60. The Balaban J connectivity index is 0.000000983. The van der Waals surface area contributed by atoms with E-state index >= 15 is 0 Å². The largest absolute Gasteiger partial charge is 0.0683 e. The van der Waals surface area contributed by atoms with E-state index in [2.05, 4.69) is 20.8 Å². The van der Waals surface area contributed by atoms with Gasteiger partial charge in [-0.2, -0.15) is 0 Å². The van der Waals surface area contributed by atoms with Gasteiger partial charge in [-0.05, 0) is 209 Å². The third-order valence-corrected chi connectivity index (χ3v) is 19.6. The minimum atomic E-state index is 1.04. The predicted molar refractivity (Wildman–Crippen MR) is 221 cm³/mol. The summed E-state index contributed by atoms with van der Waals surface area (Å²) in [5, 5.41) is 0. The third kappa shape index (κ3) is 7.49. The summed E-state index contributed by atoms with van der Waals surface area (Å²) in [5.74, 6) is 21.2. The summed E-state index contributed by atoms with van der Waals surface area (Å²) in [6, 6.07) is 0. The lowest BCUT2D eigenvalue weighted by molar-refractivity contribution is -0.119. The van der Waals surface area contributed by atoms with E-state index in [-0.39, 0.29) is 0 Å². The molecule has 0 spiro atoms. The highest BCUT2D eigenvalue weighted by atomic mass is 14.6. The van der Waals surface area contributed by atoms with Crippen molar-refractivity contribution in [2.45, 2.75) is 209 Å². The fourth-order valence-corrected chi connectivity index (χ4v) is 18.1. The normalized spacial score (nSPS) is 51.7. The van der Waals surface area contributed by atoms with Crippen molar-refractivity contribution in [1.82, 2.24) is 0 Å². The molecule has 0 radical (unpaired) electrons. The van der Waals surface area contributed by atoms with Gasteiger partial charge in [-0.15, -0.1) is 0 Å². The van der Waals surface area contributed by atoms with Gasteiger partial charge in [0.05, 0.1) is 0 Å². The van der Waals surface area contributed by atoms with Gasteiger partial charge in [-0.3, -0.25) is 0 Å². The molecule has 0 aliphatic heterocycles. The van der Waals surface area contributed by atoms with E-state index < -0.39 is 0 Å². The Kier molecular flexibility index (Phi) is 13.7. The summed E-state index contributed by atoms with van der Waals surface area (Å²) in [5.41, 5.74) is 0. The maximum Gasteiger partial charge on any atom is -0.0321 e. The van der Waals surface area contributed by atoms with E-state index in [1.165, 1.54) is 19.3 Å². The molecule has 0 heterocycles. The molecule has 9 fully saturated rings. The molecule has 9 rings (SSSR count). The maximum atomic E-state index is 2.69. The lowest BCUT2D eigenvalue weighted by atomic mass is 9.44. The van der Waals surface area contributed by atoms with Gasteiger partial charge in [0, 0.05) is 0 Å². The van der Waals surface area contributed by atoms with Crippen molar-refractivity contribution in [2.24, 2.45) is 112 Å². The van der Waals surface area contributed by atoms with E-state index in [9.17, 15) is 0 Å². The topological polar surface area (TPSA) is 0 Å². The van der Waals surface area contributed by atoms with Gasteiger partial charge in [-0.25, -0.2) is 0 Å². The average molecular weight is 703 g/mol. The predicted octanol–water partition coefficient (Wildman–Crippen LogP) is 15.7. The van der Waals surface area contributed by atoms with Crippen molar-refractivity contribution in [3.05, 3.63) is 0 Å². The molecule has 0 amide bonds. The Hall–Kier alpha value is 0. The molecule has 0 N–H and O–H groups in total. The number of fused-ring (bicyclic) bond motifs is 5. The van der Waals surface area contributed by atoms with Crippen LogP contribution in [0.4, 0.5) is 0 Å². The van der Waals surface area contributed by atoms with Crippen LogP contribution in [0.5, 0.6) is 0 Å². The first-order chi connectivity index (χ1) is 25.2. The van der Waals surface area contributed by atoms with Crippen LogP contribution in [0.15, 0.2) is 0 Å². The SMILES string of the molecule is CC.CC.CCCC1CCCC1C1CCC(C2C3CCCCC3C(C3CCCC3C3CCC4C(C3)C(CC)C(C)C3CC34)C3CCCCC32)CC1. The quantitative estimate of drug-likeness (QED) is 0.248. The third-order valence-electron chi connectivity index (χ3n) is 19.6. The molecule has 9 aliphatic carbocycles. The van der Waals surface area contributed by atoms with E-state index in [1.54, 1.807) is 141 Å². The van der Waals surface area contributed by atoms with Crippen molar-refractivity contribution >= 4 is 0 Å². The molecule has 0 aromatic carbocycles. The highest BCUT2D eigenvalue weighted by Crippen LogP contribution is 2.67. The molecule has 0 aromatic heterocycles. The van der Waals surface area contributed by atoms with Crippen molar-refractivity contribution < 1.29 is 0 Å². The smallest absolute Gasteiger partial charge is 0.0321 e. The second-order valence-corrected chi connectivity index (χ2v) is 20.9. The molecule has 294 valence electrons. The van der Waals surface area contributed by atoms with Gasteiger partial charge in [-0.1, -0.05) is 113 Å². The van der Waals surface area contributed by atoms with Crippen LogP contribution in [-0.2, 0) is 0 Å². The first kappa shape index (κ1) is 39.2. The van der Waals surface area contributed by atoms with Crippen molar-refractivity contribution in [1.29, 1.82) is 0 Å². The summed E-state index contributed by atoms with van der Waals surface area (Å²) in [6.07, 6.45) is 40.0. The summed E-state index contributed by atoms with van der Waals surface area (Å²) in [7, 11) is 0. The second-order valence-electron chi connectivity index (χ2n) is 20.9. The first-order valence-corrected chi connectivity index (χ1v) is 25.2. The second kappa shape index (κ2) is 17.9. The van der Waals surface area contributed by atoms with E-state index in [1.807, 2.05) is 27.7 Å². The van der Waals surface area contributed by atoms with Crippen molar-refractivity contribution in [3.63, 3.8) is 0 Å². The molecule has 9 saturated carbocycles. The van der Waals surface area contributed by atoms with Crippen LogP contribution in [0.25, 0.3) is 0 Å². The highest BCUT2D eigenvalue weighted by molar-refractivity contribution is 5.09. The van der Waals surface area contributed by atoms with Crippen molar-refractivity contribution in [2.75, 3.05) is 0 Å². The fourth-order valence-electron chi connectivity index (χ4n) is 18.1. The Morgan fingerprint density at radius 1 is 0.373 bits per heavy atom. The molecule has 0 aromatic rings. The van der Waals surface area contributed by atoms with Gasteiger partial charge in [0.15, 0.2) is 0 Å². The molecule has 15 atom stereocenters. The fraction of sp³-hybridized carbons (Fsp3) is 1.00. The Bertz CT molecular complexity index is 1010. The molecular weight excluding hydrogens is 613 g/mol. The standard InChI is InChI=1S/C47H78.2C2H6/c1-4-12-30-13-10-18-35(30)31-21-23-32(24-22-31)46-39-14-6-8-16-41(39)47(42-17-9-7-15-40(42)46)38-20-11-19-36(38)33-25-26-37-44(27-33)34(5-2)29(3)43-28-45(37)43;2*1-2/h29-47H,4-28H2,1-3H3;2*1-2H3. The van der Waals surface area contributed by atoms with Crippen LogP contribution in [0, 0.1) is 112 Å². The van der Waals surface area contributed by atoms with Crippen LogP contribution >= 0.6 is 0 Å². The van der Waals surface area contributed by atoms with Crippen LogP contribution in [0.1, 0.15) is 209 Å². The van der Waals surface area contributed by atoms with Crippen LogP contribution in [0.3, 0.4) is 0 Å². The first-order valence-electron chi connectivity index (χ1n) is 25.2. The summed E-state index contributed by atoms with van der Waals surface area (Å²) in [6.45, 7) is 15.7. The maximum absolute atomic E-state index is 2.69. The van der Waals surface area contributed by atoms with Crippen LogP contribution in [0.2, 0.25) is 0 Å². The summed E-state index contributed by atoms with van der Waals surface area (Å²) < 4.78 is 0.